The van der Waals surface area contributed by atoms with Crippen LogP contribution in [0, 0.1) is 0 Å². The minimum Gasteiger partial charge on any atom is -0.492 e. The predicted octanol–water partition coefficient (Wildman–Crippen LogP) is 1.75. The Morgan fingerprint density at radius 2 is 2.15 bits per heavy atom. The minimum atomic E-state index is 0.0639. The fraction of sp³-hybridized carbons (Fsp3) is 0.429. The van der Waals surface area contributed by atoms with Crippen LogP contribution in [0.1, 0.15) is 29.1 Å². The summed E-state index contributed by atoms with van der Waals surface area (Å²) in [4.78, 5) is 4.57. The van der Waals surface area contributed by atoms with Crippen LogP contribution in [0.3, 0.4) is 0 Å². The van der Waals surface area contributed by atoms with Crippen LogP contribution in [0.25, 0.3) is 0 Å². The van der Waals surface area contributed by atoms with E-state index in [1.807, 2.05) is 30.0 Å². The zero-order valence-corrected chi connectivity index (χ0v) is 11.7. The molecule has 6 heteroatoms. The van der Waals surface area contributed by atoms with E-state index < -0.39 is 0 Å². The summed E-state index contributed by atoms with van der Waals surface area (Å²) in [6.45, 7) is 0.573. The van der Waals surface area contributed by atoms with Gasteiger partial charge in [0.1, 0.15) is 12.4 Å². The highest BCUT2D eigenvalue weighted by molar-refractivity contribution is 7.99. The third-order valence-corrected chi connectivity index (χ3v) is 5.13. The Kier molecular flexibility index (Phi) is 2.93. The van der Waals surface area contributed by atoms with Crippen molar-refractivity contribution in [3.05, 3.63) is 41.5 Å². The molecule has 5 nitrogen and oxygen atoms in total. The van der Waals surface area contributed by atoms with Crippen LogP contribution < -0.4 is 10.5 Å². The van der Waals surface area contributed by atoms with Crippen molar-refractivity contribution in [2.75, 3.05) is 18.1 Å². The lowest BCUT2D eigenvalue weighted by atomic mass is 10.0. The normalized spacial score (nSPS) is 28.4. The average Bonchev–Trinajstić information content (AvgIpc) is 3.15. The molecule has 2 aliphatic rings. The van der Waals surface area contributed by atoms with Crippen molar-refractivity contribution in [1.82, 2.24) is 10.1 Å². The van der Waals surface area contributed by atoms with Crippen LogP contribution in [-0.4, -0.2) is 34.3 Å². The van der Waals surface area contributed by atoms with Crippen LogP contribution in [0.15, 0.2) is 28.8 Å². The van der Waals surface area contributed by atoms with Crippen molar-refractivity contribution < 1.29 is 9.26 Å². The van der Waals surface area contributed by atoms with E-state index >= 15 is 0 Å². The molecule has 1 fully saturated rings. The van der Waals surface area contributed by atoms with E-state index in [2.05, 4.69) is 16.2 Å². The van der Waals surface area contributed by atoms with Gasteiger partial charge in [-0.2, -0.15) is 16.7 Å². The Hall–Kier alpha value is -1.53. The zero-order valence-electron chi connectivity index (χ0n) is 10.9. The molecule has 3 unspecified atom stereocenters. The van der Waals surface area contributed by atoms with Gasteiger partial charge >= 0.3 is 0 Å². The zero-order chi connectivity index (χ0) is 13.5. The van der Waals surface area contributed by atoms with Crippen molar-refractivity contribution >= 4 is 11.8 Å². The molecular weight excluding hydrogens is 274 g/mol. The van der Waals surface area contributed by atoms with E-state index in [0.717, 1.165) is 22.8 Å². The monoisotopic (exact) mass is 289 g/mol. The molecule has 0 saturated carbocycles. The molecule has 2 N–H and O–H groups in total. The van der Waals surface area contributed by atoms with Gasteiger partial charge in [0.25, 0.3) is 0 Å². The summed E-state index contributed by atoms with van der Waals surface area (Å²) in [6, 6.07) is 8.11. The van der Waals surface area contributed by atoms with Crippen LogP contribution in [0.2, 0.25) is 0 Å². The fourth-order valence-electron chi connectivity index (χ4n) is 2.74. The highest BCUT2D eigenvalue weighted by Crippen LogP contribution is 2.38. The maximum Gasteiger partial charge on any atom is 0.232 e. The van der Waals surface area contributed by atoms with Gasteiger partial charge in [0.2, 0.25) is 5.89 Å². The molecule has 2 aromatic rings. The second-order valence-electron chi connectivity index (χ2n) is 5.20. The van der Waals surface area contributed by atoms with Crippen molar-refractivity contribution in [3.8, 4) is 5.75 Å². The first-order valence-electron chi connectivity index (χ1n) is 6.71. The van der Waals surface area contributed by atoms with E-state index in [4.69, 9.17) is 15.0 Å². The van der Waals surface area contributed by atoms with E-state index in [1.54, 1.807) is 0 Å². The molecule has 1 aromatic heterocycles. The maximum absolute atomic E-state index is 6.08. The number of hydrogen-bond acceptors (Lipinski definition) is 6. The number of hydrogen-bond donors (Lipinski definition) is 1. The largest absolute Gasteiger partial charge is 0.492 e. The summed E-state index contributed by atoms with van der Waals surface area (Å²) in [5, 5.41) is 4.15. The summed E-state index contributed by atoms with van der Waals surface area (Å²) < 4.78 is 11.1. The highest BCUT2D eigenvalue weighted by Gasteiger charge is 2.34. The summed E-state index contributed by atoms with van der Waals surface area (Å²) in [5.74, 6) is 4.44. The smallest absolute Gasteiger partial charge is 0.232 e. The first-order valence-corrected chi connectivity index (χ1v) is 7.87. The van der Waals surface area contributed by atoms with Gasteiger partial charge in [0.05, 0.1) is 11.8 Å². The number of aromatic nitrogens is 2. The molecule has 2 aliphatic heterocycles. The molecule has 4 rings (SSSR count). The second-order valence-corrected chi connectivity index (χ2v) is 6.27. The minimum absolute atomic E-state index is 0.0639. The van der Waals surface area contributed by atoms with Crippen LogP contribution in [0.4, 0.5) is 0 Å². The highest BCUT2D eigenvalue weighted by atomic mass is 32.2. The topological polar surface area (TPSA) is 74.2 Å². The van der Waals surface area contributed by atoms with Crippen molar-refractivity contribution in [2.24, 2.45) is 5.73 Å². The Bertz CT molecular complexity index is 630. The predicted molar refractivity (Wildman–Crippen MR) is 76.1 cm³/mol. The van der Waals surface area contributed by atoms with Crippen LogP contribution in [0.5, 0.6) is 5.75 Å². The van der Waals surface area contributed by atoms with Gasteiger partial charge in [0, 0.05) is 23.1 Å². The maximum atomic E-state index is 6.08. The lowest BCUT2D eigenvalue weighted by molar-refractivity contribution is 0.327. The number of benzene rings is 1. The number of para-hydroxylation sites is 1. The molecule has 0 aliphatic carbocycles. The van der Waals surface area contributed by atoms with Gasteiger partial charge in [-0.1, -0.05) is 23.4 Å². The van der Waals surface area contributed by atoms with Crippen molar-refractivity contribution in [3.63, 3.8) is 0 Å². The quantitative estimate of drug-likeness (QED) is 0.908. The molecular formula is C14H15N3O2S. The van der Waals surface area contributed by atoms with Gasteiger partial charge in [-0.15, -0.1) is 0 Å². The number of thioether (sulfide) groups is 1. The molecule has 0 amide bonds. The van der Waals surface area contributed by atoms with Crippen LogP contribution >= 0.6 is 11.8 Å². The average molecular weight is 289 g/mol. The van der Waals surface area contributed by atoms with Gasteiger partial charge in [-0.25, -0.2) is 0 Å². The molecule has 3 heterocycles. The molecule has 104 valence electrons. The molecule has 1 aromatic carbocycles. The molecule has 0 bridgehead atoms. The van der Waals surface area contributed by atoms with E-state index in [1.165, 1.54) is 0 Å². The number of nitrogens with two attached hydrogens (primary N) is 1. The Morgan fingerprint density at radius 1 is 1.25 bits per heavy atom. The summed E-state index contributed by atoms with van der Waals surface area (Å²) >= 11 is 1.84. The van der Waals surface area contributed by atoms with Gasteiger partial charge < -0.3 is 15.0 Å². The van der Waals surface area contributed by atoms with Crippen LogP contribution in [-0.2, 0) is 0 Å². The van der Waals surface area contributed by atoms with Crippen molar-refractivity contribution in [2.45, 2.75) is 17.9 Å². The van der Waals surface area contributed by atoms with E-state index in [-0.39, 0.29) is 17.9 Å². The molecule has 3 atom stereocenters. The van der Waals surface area contributed by atoms with Gasteiger partial charge in [-0.05, 0) is 6.07 Å². The van der Waals surface area contributed by atoms with Gasteiger partial charge in [0.15, 0.2) is 5.82 Å². The number of nitrogens with zero attached hydrogens (tertiary/aromatic N) is 2. The van der Waals surface area contributed by atoms with Crippen molar-refractivity contribution in [1.29, 1.82) is 0 Å². The standard InChI is InChI=1S/C14H15N3O2S/c15-11-7-20-6-10(11)14-16-13(17-19-14)9-5-18-12-4-2-1-3-8(9)12/h1-4,9-11H,5-7,15H2. The summed E-state index contributed by atoms with van der Waals surface area (Å²) in [7, 11) is 0. The third-order valence-electron chi connectivity index (χ3n) is 3.91. The summed E-state index contributed by atoms with van der Waals surface area (Å²) in [5.41, 5.74) is 7.21. The Morgan fingerprint density at radius 3 is 3.00 bits per heavy atom. The number of ether oxygens (including phenoxy) is 1. The Balaban J connectivity index is 1.63. The molecule has 1 saturated heterocycles. The SMILES string of the molecule is NC1CSCC1c1nc(C2COc3ccccc32)no1. The first kappa shape index (κ1) is 12.2. The van der Waals surface area contributed by atoms with E-state index in [0.29, 0.717) is 18.3 Å². The summed E-state index contributed by atoms with van der Waals surface area (Å²) in [6.07, 6.45) is 0. The lowest BCUT2D eigenvalue weighted by Gasteiger charge is -2.08. The Labute approximate surface area is 120 Å². The van der Waals surface area contributed by atoms with E-state index in [9.17, 15) is 0 Å². The molecule has 0 spiro atoms. The first-order chi connectivity index (χ1) is 9.83. The molecule has 0 radical (unpaired) electrons. The number of fused-ring (bicyclic) bond motifs is 1. The van der Waals surface area contributed by atoms with Gasteiger partial charge in [-0.3, -0.25) is 0 Å². The molecule has 20 heavy (non-hydrogen) atoms. The fourth-order valence-corrected chi connectivity index (χ4v) is 4.03. The number of rotatable bonds is 2. The lowest BCUT2D eigenvalue weighted by Crippen LogP contribution is -2.26. The third kappa shape index (κ3) is 1.91. The second kappa shape index (κ2) is 4.79.